The van der Waals surface area contributed by atoms with E-state index in [0.717, 1.165) is 27.8 Å². The smallest absolute Gasteiger partial charge is 0.167 e. The van der Waals surface area contributed by atoms with Crippen molar-refractivity contribution in [1.29, 1.82) is 0 Å². The van der Waals surface area contributed by atoms with Crippen LogP contribution >= 0.6 is 15.9 Å². The molecule has 0 radical (unpaired) electrons. The standard InChI is InChI=1S/C17H16BrNO2/c1-10-6-11(2-3-15(10)19)16(20)9-13-8-14(18)7-12-4-5-21-17(12)13/h2-3,6-8H,4-5,9,19H2,1H3. The van der Waals surface area contributed by atoms with Crippen LogP contribution in [0.3, 0.4) is 0 Å². The first-order valence-electron chi connectivity index (χ1n) is 6.88. The molecule has 21 heavy (non-hydrogen) atoms. The summed E-state index contributed by atoms with van der Waals surface area (Å²) in [6, 6.07) is 9.43. The van der Waals surface area contributed by atoms with E-state index in [1.54, 1.807) is 12.1 Å². The number of nitrogen functional groups attached to an aromatic ring is 1. The Balaban J connectivity index is 1.90. The van der Waals surface area contributed by atoms with Crippen LogP contribution in [0.2, 0.25) is 0 Å². The van der Waals surface area contributed by atoms with Gasteiger partial charge in [0.25, 0.3) is 0 Å². The number of ether oxygens (including phenoxy) is 1. The van der Waals surface area contributed by atoms with E-state index in [1.165, 1.54) is 5.56 Å². The van der Waals surface area contributed by atoms with Gasteiger partial charge >= 0.3 is 0 Å². The Bertz CT molecular complexity index is 725. The molecule has 0 amide bonds. The van der Waals surface area contributed by atoms with E-state index in [2.05, 4.69) is 22.0 Å². The first kappa shape index (κ1) is 14.1. The van der Waals surface area contributed by atoms with Crippen molar-refractivity contribution in [3.63, 3.8) is 0 Å². The van der Waals surface area contributed by atoms with Gasteiger partial charge in [0.2, 0.25) is 0 Å². The highest BCUT2D eigenvalue weighted by molar-refractivity contribution is 9.10. The minimum Gasteiger partial charge on any atom is -0.493 e. The third-order valence-electron chi connectivity index (χ3n) is 3.77. The van der Waals surface area contributed by atoms with Gasteiger partial charge in [-0.2, -0.15) is 0 Å². The molecule has 1 heterocycles. The lowest BCUT2D eigenvalue weighted by atomic mass is 9.98. The topological polar surface area (TPSA) is 52.3 Å². The lowest BCUT2D eigenvalue weighted by Gasteiger charge is -2.09. The Hall–Kier alpha value is -1.81. The molecule has 108 valence electrons. The highest BCUT2D eigenvalue weighted by Crippen LogP contribution is 2.33. The van der Waals surface area contributed by atoms with Crippen LogP contribution in [0.4, 0.5) is 5.69 Å². The normalized spacial score (nSPS) is 12.9. The van der Waals surface area contributed by atoms with Crippen LogP contribution in [0, 0.1) is 6.92 Å². The number of rotatable bonds is 3. The number of Topliss-reactive ketones (excluding diaryl/α,β-unsaturated/α-hetero) is 1. The second kappa shape index (κ2) is 5.53. The van der Waals surface area contributed by atoms with E-state index in [4.69, 9.17) is 10.5 Å². The maximum Gasteiger partial charge on any atom is 0.167 e. The monoisotopic (exact) mass is 345 g/mol. The number of nitrogens with two attached hydrogens (primary N) is 1. The fourth-order valence-electron chi connectivity index (χ4n) is 2.60. The van der Waals surface area contributed by atoms with Gasteiger partial charge in [0.1, 0.15) is 5.75 Å². The van der Waals surface area contributed by atoms with Crippen LogP contribution in [0.15, 0.2) is 34.8 Å². The molecule has 3 rings (SSSR count). The van der Waals surface area contributed by atoms with E-state index in [1.807, 2.05) is 19.1 Å². The number of benzene rings is 2. The summed E-state index contributed by atoms with van der Waals surface area (Å²) in [5.41, 5.74) is 10.2. The van der Waals surface area contributed by atoms with Gasteiger partial charge in [-0.05, 0) is 48.4 Å². The van der Waals surface area contributed by atoms with Crippen LogP contribution in [0.25, 0.3) is 0 Å². The van der Waals surface area contributed by atoms with Crippen molar-refractivity contribution in [2.75, 3.05) is 12.3 Å². The predicted molar refractivity (Wildman–Crippen MR) is 87.0 cm³/mol. The number of carbonyl (C=O) groups is 1. The first-order chi connectivity index (χ1) is 10.0. The molecule has 0 atom stereocenters. The minimum atomic E-state index is 0.0777. The zero-order chi connectivity index (χ0) is 15.0. The molecule has 3 nitrogen and oxygen atoms in total. The van der Waals surface area contributed by atoms with Crippen LogP contribution in [-0.4, -0.2) is 12.4 Å². The Morgan fingerprint density at radius 1 is 1.33 bits per heavy atom. The van der Waals surface area contributed by atoms with Crippen molar-refractivity contribution >= 4 is 27.4 Å². The zero-order valence-electron chi connectivity index (χ0n) is 11.8. The fraction of sp³-hybridized carbons (Fsp3) is 0.235. The zero-order valence-corrected chi connectivity index (χ0v) is 13.4. The van der Waals surface area contributed by atoms with Crippen LogP contribution < -0.4 is 10.5 Å². The molecule has 4 heteroatoms. The van der Waals surface area contributed by atoms with E-state index in [-0.39, 0.29) is 5.78 Å². The van der Waals surface area contributed by atoms with Gasteiger partial charge in [-0.1, -0.05) is 15.9 Å². The number of ketones is 1. The molecule has 0 saturated carbocycles. The van der Waals surface area contributed by atoms with Gasteiger partial charge in [-0.25, -0.2) is 0 Å². The summed E-state index contributed by atoms with van der Waals surface area (Å²) in [7, 11) is 0. The molecule has 2 aromatic rings. The van der Waals surface area contributed by atoms with E-state index >= 15 is 0 Å². The average Bonchev–Trinajstić information content (AvgIpc) is 2.90. The van der Waals surface area contributed by atoms with Gasteiger partial charge in [-0.15, -0.1) is 0 Å². The number of anilines is 1. The molecule has 0 spiro atoms. The summed E-state index contributed by atoms with van der Waals surface area (Å²) in [6.07, 6.45) is 1.24. The summed E-state index contributed by atoms with van der Waals surface area (Å²) in [6.45, 7) is 2.60. The fourth-order valence-corrected chi connectivity index (χ4v) is 3.15. The van der Waals surface area contributed by atoms with Crippen LogP contribution in [0.5, 0.6) is 5.75 Å². The molecule has 2 aromatic carbocycles. The van der Waals surface area contributed by atoms with Crippen LogP contribution in [-0.2, 0) is 12.8 Å². The molecule has 0 aromatic heterocycles. The highest BCUT2D eigenvalue weighted by Gasteiger charge is 2.19. The second-order valence-electron chi connectivity index (χ2n) is 5.32. The van der Waals surface area contributed by atoms with Gasteiger partial charge < -0.3 is 10.5 Å². The number of carbonyl (C=O) groups excluding carboxylic acids is 1. The molecular formula is C17H16BrNO2. The lowest BCUT2D eigenvalue weighted by Crippen LogP contribution is -2.06. The second-order valence-corrected chi connectivity index (χ2v) is 6.24. The molecule has 0 bridgehead atoms. The third-order valence-corrected chi connectivity index (χ3v) is 4.23. The number of aryl methyl sites for hydroxylation is 1. The molecule has 2 N–H and O–H groups in total. The number of fused-ring (bicyclic) bond motifs is 1. The summed E-state index contributed by atoms with van der Waals surface area (Å²) in [5, 5.41) is 0. The molecule has 0 aliphatic carbocycles. The van der Waals surface area contributed by atoms with Crippen molar-refractivity contribution in [2.45, 2.75) is 19.8 Å². The Labute approximate surface area is 132 Å². The van der Waals surface area contributed by atoms with E-state index < -0.39 is 0 Å². The molecular weight excluding hydrogens is 330 g/mol. The lowest BCUT2D eigenvalue weighted by molar-refractivity contribution is 0.0992. The van der Waals surface area contributed by atoms with E-state index in [9.17, 15) is 4.79 Å². The van der Waals surface area contributed by atoms with Gasteiger partial charge in [0.15, 0.2) is 5.78 Å². The van der Waals surface area contributed by atoms with Gasteiger partial charge in [-0.3, -0.25) is 4.79 Å². The van der Waals surface area contributed by atoms with Crippen molar-refractivity contribution in [2.24, 2.45) is 0 Å². The largest absolute Gasteiger partial charge is 0.493 e. The maximum absolute atomic E-state index is 12.5. The third kappa shape index (κ3) is 2.81. The number of hydrogen-bond acceptors (Lipinski definition) is 3. The SMILES string of the molecule is Cc1cc(C(=O)Cc2cc(Br)cc3c2OCC3)ccc1N. The Morgan fingerprint density at radius 3 is 2.90 bits per heavy atom. The van der Waals surface area contributed by atoms with Crippen molar-refractivity contribution in [3.8, 4) is 5.75 Å². The summed E-state index contributed by atoms with van der Waals surface area (Å²) < 4.78 is 6.66. The summed E-state index contributed by atoms with van der Waals surface area (Å²) >= 11 is 3.50. The Morgan fingerprint density at radius 2 is 2.14 bits per heavy atom. The first-order valence-corrected chi connectivity index (χ1v) is 7.67. The molecule has 0 unspecified atom stereocenters. The molecule has 1 aliphatic rings. The molecule has 0 saturated heterocycles. The van der Waals surface area contributed by atoms with Gasteiger partial charge in [0.05, 0.1) is 6.61 Å². The Kier molecular flexibility index (Phi) is 3.72. The summed E-state index contributed by atoms with van der Waals surface area (Å²) in [4.78, 5) is 12.5. The van der Waals surface area contributed by atoms with Crippen molar-refractivity contribution in [1.82, 2.24) is 0 Å². The average molecular weight is 346 g/mol. The number of hydrogen-bond donors (Lipinski definition) is 1. The highest BCUT2D eigenvalue weighted by atomic mass is 79.9. The predicted octanol–water partition coefficient (Wildman–Crippen LogP) is 3.70. The summed E-state index contributed by atoms with van der Waals surface area (Å²) in [5.74, 6) is 0.951. The molecule has 1 aliphatic heterocycles. The van der Waals surface area contributed by atoms with E-state index in [0.29, 0.717) is 24.3 Å². The van der Waals surface area contributed by atoms with Crippen molar-refractivity contribution in [3.05, 3.63) is 57.1 Å². The minimum absolute atomic E-state index is 0.0777. The van der Waals surface area contributed by atoms with Crippen molar-refractivity contribution < 1.29 is 9.53 Å². The molecule has 0 fully saturated rings. The van der Waals surface area contributed by atoms with Crippen LogP contribution in [0.1, 0.15) is 27.0 Å². The van der Waals surface area contributed by atoms with Gasteiger partial charge in [0, 0.05) is 34.1 Å². The number of halogens is 1. The maximum atomic E-state index is 12.5. The quantitative estimate of drug-likeness (QED) is 0.681.